The molecule has 0 aromatic carbocycles. The molecule has 0 aliphatic carbocycles. The largest absolute Gasteiger partial charge is 0.490 e. The third-order valence-corrected chi connectivity index (χ3v) is 5.60. The van der Waals surface area contributed by atoms with Crippen molar-refractivity contribution < 1.29 is 37.0 Å². The van der Waals surface area contributed by atoms with Crippen LogP contribution in [-0.4, -0.2) is 59.0 Å². The van der Waals surface area contributed by atoms with Gasteiger partial charge in [-0.2, -0.15) is 13.2 Å². The summed E-state index contributed by atoms with van der Waals surface area (Å²) in [6, 6.07) is 2.48. The van der Waals surface area contributed by atoms with Gasteiger partial charge in [0.25, 0.3) is 0 Å². The van der Waals surface area contributed by atoms with Crippen LogP contribution in [0.3, 0.4) is 0 Å². The highest BCUT2D eigenvalue weighted by atomic mass is 32.1. The van der Waals surface area contributed by atoms with E-state index in [0.717, 1.165) is 37.0 Å². The third-order valence-electron chi connectivity index (χ3n) is 4.77. The Morgan fingerprint density at radius 1 is 1.45 bits per heavy atom. The summed E-state index contributed by atoms with van der Waals surface area (Å²) in [6.45, 7) is 6.07. The fourth-order valence-electron chi connectivity index (χ4n) is 3.43. The van der Waals surface area contributed by atoms with Gasteiger partial charge in [0.15, 0.2) is 0 Å². The Bertz CT molecular complexity index is 796. The lowest BCUT2D eigenvalue weighted by molar-refractivity contribution is -0.192. The van der Waals surface area contributed by atoms with Crippen LogP contribution in [0.2, 0.25) is 0 Å². The van der Waals surface area contributed by atoms with E-state index in [9.17, 15) is 13.2 Å². The molecule has 29 heavy (non-hydrogen) atoms. The number of likely N-dealkylation sites (tertiary alicyclic amines) is 1. The molecule has 4 rings (SSSR count). The highest BCUT2D eigenvalue weighted by molar-refractivity contribution is 7.09. The van der Waals surface area contributed by atoms with Crippen LogP contribution in [0.25, 0.3) is 0 Å². The maximum Gasteiger partial charge on any atom is 0.490 e. The van der Waals surface area contributed by atoms with Crippen LogP contribution in [0.4, 0.5) is 13.2 Å². The number of carboxylic acid groups (broad SMARTS) is 1. The van der Waals surface area contributed by atoms with Crippen LogP contribution in [0.15, 0.2) is 28.4 Å². The van der Waals surface area contributed by atoms with Crippen LogP contribution in [0.5, 0.6) is 0 Å². The van der Waals surface area contributed by atoms with E-state index in [-0.39, 0.29) is 6.10 Å². The summed E-state index contributed by atoms with van der Waals surface area (Å²) in [4.78, 5) is 15.8. The number of aromatic nitrogens is 1. The molecule has 2 fully saturated rings. The minimum Gasteiger partial charge on any atom is -0.475 e. The molecule has 4 heterocycles. The number of halogens is 3. The number of nitrogens with zero attached hydrogens (tertiary/aromatic N) is 2. The van der Waals surface area contributed by atoms with E-state index in [1.165, 1.54) is 5.56 Å². The van der Waals surface area contributed by atoms with E-state index >= 15 is 0 Å². The molecule has 0 amide bonds. The maximum atomic E-state index is 10.6. The average Bonchev–Trinajstić information content (AvgIpc) is 3.40. The molecule has 2 aromatic rings. The molecule has 0 saturated carbocycles. The van der Waals surface area contributed by atoms with Gasteiger partial charge in [-0.1, -0.05) is 0 Å². The number of alkyl halides is 3. The van der Waals surface area contributed by atoms with Crippen molar-refractivity contribution >= 4 is 17.3 Å². The van der Waals surface area contributed by atoms with E-state index in [2.05, 4.69) is 15.3 Å². The molecule has 2 saturated heterocycles. The number of ether oxygens (including phenoxy) is 2. The number of hydrogen-bond donors (Lipinski definition) is 1. The highest BCUT2D eigenvalue weighted by Gasteiger charge is 2.46. The van der Waals surface area contributed by atoms with Crippen LogP contribution >= 0.6 is 11.3 Å². The normalized spacial score (nSPS) is 24.2. The number of furan rings is 1. The first-order valence-corrected chi connectivity index (χ1v) is 9.77. The van der Waals surface area contributed by atoms with E-state index in [4.69, 9.17) is 23.8 Å². The van der Waals surface area contributed by atoms with Crippen molar-refractivity contribution in [3.05, 3.63) is 40.2 Å². The topological polar surface area (TPSA) is 85.0 Å². The summed E-state index contributed by atoms with van der Waals surface area (Å²) in [5.41, 5.74) is 2.24. The van der Waals surface area contributed by atoms with Gasteiger partial charge in [-0.25, -0.2) is 9.78 Å². The standard InChI is InChI=1S/C16H20N2O3S.C2HF3O2/c1-11-17-13(10-22-11)7-21-16-5-18(4-12-2-3-19-6-12)15-9-20-8-14(15)16;3-2(4,5)1(6)7/h2-3,6,10,14-16H,4-5,7-9H2,1H3;(H,6,7)/t14-,15+,16+;/m0./s1. The average molecular weight is 434 g/mol. The number of hydrogen-bond acceptors (Lipinski definition) is 7. The molecule has 3 atom stereocenters. The number of carboxylic acids is 1. The third kappa shape index (κ3) is 5.78. The lowest BCUT2D eigenvalue weighted by Crippen LogP contribution is -2.32. The molecular weight excluding hydrogens is 413 g/mol. The fraction of sp³-hybridized carbons (Fsp3) is 0.556. The molecule has 7 nitrogen and oxygen atoms in total. The van der Waals surface area contributed by atoms with Gasteiger partial charge in [0.05, 0.1) is 49.2 Å². The van der Waals surface area contributed by atoms with E-state index < -0.39 is 12.1 Å². The van der Waals surface area contributed by atoms with Crippen LogP contribution in [0.1, 0.15) is 16.3 Å². The summed E-state index contributed by atoms with van der Waals surface area (Å²) in [5, 5.41) is 10.3. The number of carbonyl (C=O) groups is 1. The molecule has 2 aliphatic rings. The first kappa shape index (κ1) is 21.8. The fourth-order valence-corrected chi connectivity index (χ4v) is 4.03. The second kappa shape index (κ2) is 9.24. The molecule has 2 aliphatic heterocycles. The van der Waals surface area contributed by atoms with Gasteiger partial charge < -0.3 is 19.0 Å². The predicted molar refractivity (Wildman–Crippen MR) is 96.3 cm³/mol. The summed E-state index contributed by atoms with van der Waals surface area (Å²) in [5.74, 6) is -2.29. The number of aryl methyl sites for hydroxylation is 1. The van der Waals surface area contributed by atoms with Crippen molar-refractivity contribution in [1.82, 2.24) is 9.88 Å². The van der Waals surface area contributed by atoms with Crippen LogP contribution in [-0.2, 0) is 27.4 Å². The zero-order valence-electron chi connectivity index (χ0n) is 15.6. The van der Waals surface area contributed by atoms with Crippen LogP contribution < -0.4 is 0 Å². The van der Waals surface area contributed by atoms with Crippen molar-refractivity contribution in [2.45, 2.75) is 38.4 Å². The Morgan fingerprint density at radius 3 is 2.79 bits per heavy atom. The van der Waals surface area contributed by atoms with Crippen molar-refractivity contribution in [2.24, 2.45) is 5.92 Å². The second-order valence-electron chi connectivity index (χ2n) is 6.84. The molecule has 0 radical (unpaired) electrons. The molecule has 0 bridgehead atoms. The number of aliphatic carboxylic acids is 1. The molecule has 11 heteroatoms. The van der Waals surface area contributed by atoms with Gasteiger partial charge >= 0.3 is 12.1 Å². The maximum absolute atomic E-state index is 10.6. The van der Waals surface area contributed by atoms with Crippen molar-refractivity contribution in [2.75, 3.05) is 19.8 Å². The van der Waals surface area contributed by atoms with Crippen LogP contribution in [0, 0.1) is 12.8 Å². The Hall–Kier alpha value is -1.95. The minimum absolute atomic E-state index is 0.224. The van der Waals surface area contributed by atoms with Gasteiger partial charge in [-0.3, -0.25) is 4.90 Å². The van der Waals surface area contributed by atoms with Gasteiger partial charge in [0, 0.05) is 36.0 Å². The van der Waals surface area contributed by atoms with E-state index in [1.807, 2.05) is 19.3 Å². The van der Waals surface area contributed by atoms with E-state index in [1.54, 1.807) is 17.6 Å². The van der Waals surface area contributed by atoms with Gasteiger partial charge in [0.2, 0.25) is 0 Å². The van der Waals surface area contributed by atoms with E-state index in [0.29, 0.717) is 18.6 Å². The molecule has 160 valence electrons. The second-order valence-corrected chi connectivity index (χ2v) is 7.90. The Balaban J connectivity index is 0.000000298. The van der Waals surface area contributed by atoms with Gasteiger partial charge in [-0.15, -0.1) is 11.3 Å². The monoisotopic (exact) mass is 434 g/mol. The Morgan fingerprint density at radius 2 is 2.21 bits per heavy atom. The number of rotatable bonds is 5. The quantitative estimate of drug-likeness (QED) is 0.774. The zero-order chi connectivity index (χ0) is 21.0. The predicted octanol–water partition coefficient (Wildman–Crippen LogP) is 3.09. The summed E-state index contributed by atoms with van der Waals surface area (Å²) >= 11 is 1.67. The first-order valence-electron chi connectivity index (χ1n) is 8.89. The minimum atomic E-state index is -5.08. The van der Waals surface area contributed by atoms with Crippen molar-refractivity contribution in [3.63, 3.8) is 0 Å². The Kier molecular flexibility index (Phi) is 6.93. The van der Waals surface area contributed by atoms with Gasteiger partial charge in [-0.05, 0) is 13.0 Å². The molecule has 1 N–H and O–H groups in total. The number of thiazole rings is 1. The highest BCUT2D eigenvalue weighted by Crippen LogP contribution is 2.33. The first-order chi connectivity index (χ1) is 13.7. The lowest BCUT2D eigenvalue weighted by atomic mass is 10.0. The summed E-state index contributed by atoms with van der Waals surface area (Å²) in [7, 11) is 0. The molecule has 2 aromatic heterocycles. The zero-order valence-corrected chi connectivity index (χ0v) is 16.4. The molecule has 0 spiro atoms. The smallest absolute Gasteiger partial charge is 0.475 e. The number of fused-ring (bicyclic) bond motifs is 1. The van der Waals surface area contributed by atoms with Crippen molar-refractivity contribution in [3.8, 4) is 0 Å². The Labute approximate surface area is 169 Å². The summed E-state index contributed by atoms with van der Waals surface area (Å²) < 4.78 is 48.8. The SMILES string of the molecule is Cc1nc(CO[C@@H]2CN(Cc3ccoc3)[C@@H]3COC[C@@H]32)cs1.O=C(O)C(F)(F)F. The molecular formula is C18H21F3N2O5S. The lowest BCUT2D eigenvalue weighted by Gasteiger charge is -2.20. The van der Waals surface area contributed by atoms with Crippen molar-refractivity contribution in [1.29, 1.82) is 0 Å². The summed E-state index contributed by atoms with van der Waals surface area (Å²) in [6.07, 6.45) is -1.31. The van der Waals surface area contributed by atoms with Gasteiger partial charge in [0.1, 0.15) is 0 Å². The molecule has 0 unspecified atom stereocenters.